The van der Waals surface area contributed by atoms with Crippen molar-refractivity contribution in [3.8, 4) is 0 Å². The molecule has 1 heterocycles. The molecule has 2 aromatic rings. The van der Waals surface area contributed by atoms with E-state index in [-0.39, 0.29) is 17.7 Å². The Morgan fingerprint density at radius 1 is 0.962 bits per heavy atom. The van der Waals surface area contributed by atoms with Crippen LogP contribution in [-0.4, -0.2) is 5.97 Å². The molecule has 3 heteroatoms. The molecule has 2 aliphatic carbocycles. The van der Waals surface area contributed by atoms with Gasteiger partial charge in [-0.1, -0.05) is 61.7 Å². The molecular weight excluding hydrogens is 327 g/mol. The number of rotatable bonds is 1. The lowest BCUT2D eigenvalue weighted by Gasteiger charge is -2.45. The Labute approximate surface area is 152 Å². The molecule has 26 heavy (non-hydrogen) atoms. The monoisotopic (exact) mass is 348 g/mol. The second-order valence-electron chi connectivity index (χ2n) is 7.75. The maximum Gasteiger partial charge on any atom is 0.318 e. The molecule has 5 rings (SSSR count). The standard InChI is InChI=1S/C23H21FO2/c24-19-11-5-4-10-17(19)20-18-14-15-8-2-3-9-16(15)21(18)26-22(25)23(20)12-6-1-7-13-23/h2-5,8-11,20H,1,6-7,12-14H2. The van der Waals surface area contributed by atoms with Crippen LogP contribution in [0.5, 0.6) is 0 Å². The van der Waals surface area contributed by atoms with Gasteiger partial charge in [-0.3, -0.25) is 4.79 Å². The minimum atomic E-state index is -0.624. The van der Waals surface area contributed by atoms with Crippen molar-refractivity contribution in [2.75, 3.05) is 0 Å². The molecule has 1 fully saturated rings. The lowest BCUT2D eigenvalue weighted by atomic mass is 9.60. The van der Waals surface area contributed by atoms with Crippen LogP contribution in [0.4, 0.5) is 4.39 Å². The number of fused-ring (bicyclic) bond motifs is 2. The van der Waals surface area contributed by atoms with Crippen LogP contribution in [0.25, 0.3) is 5.76 Å². The molecule has 2 nitrogen and oxygen atoms in total. The summed E-state index contributed by atoms with van der Waals surface area (Å²) in [5.74, 6) is 0.0589. The zero-order valence-electron chi connectivity index (χ0n) is 14.6. The molecule has 1 unspecified atom stereocenters. The van der Waals surface area contributed by atoms with E-state index >= 15 is 0 Å². The highest BCUT2D eigenvalue weighted by atomic mass is 19.1. The third-order valence-corrected chi connectivity index (χ3v) is 6.40. The van der Waals surface area contributed by atoms with Crippen LogP contribution in [0.15, 0.2) is 54.1 Å². The predicted molar refractivity (Wildman–Crippen MR) is 97.8 cm³/mol. The summed E-state index contributed by atoms with van der Waals surface area (Å²) < 4.78 is 20.8. The van der Waals surface area contributed by atoms with E-state index in [1.807, 2.05) is 30.3 Å². The molecule has 132 valence electrons. The van der Waals surface area contributed by atoms with Crippen LogP contribution in [0.2, 0.25) is 0 Å². The van der Waals surface area contributed by atoms with Crippen LogP contribution < -0.4 is 0 Å². The fraction of sp³-hybridized carbons (Fsp3) is 0.348. The predicted octanol–water partition coefficient (Wildman–Crippen LogP) is 5.38. The molecule has 0 N–H and O–H groups in total. The number of ether oxygens (including phenoxy) is 1. The Hall–Kier alpha value is -2.42. The van der Waals surface area contributed by atoms with Gasteiger partial charge in [-0.2, -0.15) is 0 Å². The lowest BCUT2D eigenvalue weighted by molar-refractivity contribution is -0.153. The molecule has 1 atom stereocenters. The van der Waals surface area contributed by atoms with Gasteiger partial charge in [0.15, 0.2) is 0 Å². The van der Waals surface area contributed by atoms with Crippen molar-refractivity contribution < 1.29 is 13.9 Å². The number of carbonyl (C=O) groups excluding carboxylic acids is 1. The van der Waals surface area contributed by atoms with Crippen LogP contribution in [-0.2, 0) is 16.0 Å². The minimum Gasteiger partial charge on any atom is -0.425 e. The van der Waals surface area contributed by atoms with E-state index in [9.17, 15) is 9.18 Å². The molecule has 0 amide bonds. The van der Waals surface area contributed by atoms with Crippen molar-refractivity contribution >= 4 is 11.7 Å². The quantitative estimate of drug-likeness (QED) is 0.646. The van der Waals surface area contributed by atoms with Gasteiger partial charge in [-0.25, -0.2) is 4.39 Å². The molecule has 0 radical (unpaired) electrons. The summed E-state index contributed by atoms with van der Waals surface area (Å²) in [5, 5.41) is 0. The summed E-state index contributed by atoms with van der Waals surface area (Å²) in [4.78, 5) is 13.2. The average Bonchev–Trinajstić information content (AvgIpc) is 3.02. The summed E-state index contributed by atoms with van der Waals surface area (Å²) in [6.07, 6.45) is 5.41. The number of carbonyl (C=O) groups is 1. The fourth-order valence-electron chi connectivity index (χ4n) is 5.22. The maximum absolute atomic E-state index is 14.9. The molecule has 1 saturated carbocycles. The van der Waals surface area contributed by atoms with Crippen LogP contribution >= 0.6 is 0 Å². The van der Waals surface area contributed by atoms with Gasteiger partial charge >= 0.3 is 5.97 Å². The van der Waals surface area contributed by atoms with Crippen molar-refractivity contribution in [2.24, 2.45) is 5.41 Å². The number of hydrogen-bond donors (Lipinski definition) is 0. The second kappa shape index (κ2) is 5.80. The topological polar surface area (TPSA) is 26.3 Å². The third-order valence-electron chi connectivity index (χ3n) is 6.40. The maximum atomic E-state index is 14.9. The van der Waals surface area contributed by atoms with Crippen LogP contribution in [0.3, 0.4) is 0 Å². The number of hydrogen-bond acceptors (Lipinski definition) is 2. The highest BCUT2D eigenvalue weighted by Crippen LogP contribution is 2.58. The number of benzene rings is 2. The molecule has 0 saturated heterocycles. The van der Waals surface area contributed by atoms with Crippen molar-refractivity contribution in [3.05, 3.63) is 76.6 Å². The minimum absolute atomic E-state index is 0.166. The summed E-state index contributed by atoms with van der Waals surface area (Å²) in [6.45, 7) is 0. The van der Waals surface area contributed by atoms with E-state index < -0.39 is 5.41 Å². The Kier molecular flexibility index (Phi) is 3.53. The summed E-state index contributed by atoms with van der Waals surface area (Å²) in [7, 11) is 0. The van der Waals surface area contributed by atoms with E-state index in [1.54, 1.807) is 6.07 Å². The molecule has 1 aliphatic heterocycles. The van der Waals surface area contributed by atoms with Gasteiger partial charge in [-0.05, 0) is 42.0 Å². The molecular formula is C23H21FO2. The van der Waals surface area contributed by atoms with Gasteiger partial charge in [-0.15, -0.1) is 0 Å². The van der Waals surface area contributed by atoms with Gasteiger partial charge in [0, 0.05) is 11.5 Å². The molecule has 2 aromatic carbocycles. The first kappa shape index (κ1) is 15.8. The Bertz CT molecular complexity index is 921. The van der Waals surface area contributed by atoms with Crippen molar-refractivity contribution in [2.45, 2.75) is 44.4 Å². The number of allylic oxidation sites excluding steroid dienone is 1. The molecule has 0 aromatic heterocycles. The van der Waals surface area contributed by atoms with Crippen LogP contribution in [0, 0.1) is 11.2 Å². The normalized spacial score (nSPS) is 23.6. The summed E-state index contributed by atoms with van der Waals surface area (Å²) in [6, 6.07) is 15.0. The van der Waals surface area contributed by atoms with E-state index in [0.717, 1.165) is 49.7 Å². The second-order valence-corrected chi connectivity index (χ2v) is 7.75. The highest BCUT2D eigenvalue weighted by Gasteiger charge is 2.55. The van der Waals surface area contributed by atoms with Gasteiger partial charge in [0.2, 0.25) is 0 Å². The SMILES string of the molecule is O=C1OC2=C(Cc3ccccc32)C(c2ccccc2F)C12CCCCC2. The first-order valence-corrected chi connectivity index (χ1v) is 9.49. The summed E-state index contributed by atoms with van der Waals surface area (Å²) >= 11 is 0. The van der Waals surface area contributed by atoms with Gasteiger partial charge in [0.25, 0.3) is 0 Å². The van der Waals surface area contributed by atoms with E-state index in [4.69, 9.17) is 4.74 Å². The zero-order valence-corrected chi connectivity index (χ0v) is 14.6. The number of halogens is 1. The van der Waals surface area contributed by atoms with Crippen LogP contribution in [0.1, 0.15) is 54.7 Å². The highest BCUT2D eigenvalue weighted by molar-refractivity contribution is 5.91. The van der Waals surface area contributed by atoms with Gasteiger partial charge < -0.3 is 4.74 Å². The first-order valence-electron chi connectivity index (χ1n) is 9.49. The molecule has 3 aliphatic rings. The van der Waals surface area contributed by atoms with Gasteiger partial charge in [0.05, 0.1) is 5.41 Å². The zero-order chi connectivity index (χ0) is 17.7. The van der Waals surface area contributed by atoms with E-state index in [0.29, 0.717) is 11.3 Å². The van der Waals surface area contributed by atoms with Crippen molar-refractivity contribution in [1.29, 1.82) is 0 Å². The van der Waals surface area contributed by atoms with E-state index in [1.165, 1.54) is 11.6 Å². The van der Waals surface area contributed by atoms with Gasteiger partial charge in [0.1, 0.15) is 11.6 Å². The smallest absolute Gasteiger partial charge is 0.318 e. The first-order chi connectivity index (χ1) is 12.7. The summed E-state index contributed by atoms with van der Waals surface area (Å²) in [5.41, 5.74) is 3.26. The fourth-order valence-corrected chi connectivity index (χ4v) is 5.22. The lowest BCUT2D eigenvalue weighted by Crippen LogP contribution is -2.44. The molecule has 0 bridgehead atoms. The van der Waals surface area contributed by atoms with Crippen molar-refractivity contribution in [3.63, 3.8) is 0 Å². The Balaban J connectivity index is 1.73. The largest absolute Gasteiger partial charge is 0.425 e. The molecule has 1 spiro atoms. The average molecular weight is 348 g/mol. The third kappa shape index (κ3) is 2.13. The van der Waals surface area contributed by atoms with Crippen molar-refractivity contribution in [1.82, 2.24) is 0 Å². The Morgan fingerprint density at radius 3 is 2.50 bits per heavy atom. The van der Waals surface area contributed by atoms with E-state index in [2.05, 4.69) is 6.07 Å². The Morgan fingerprint density at radius 2 is 1.69 bits per heavy atom. The number of esters is 1.